The Balaban J connectivity index is 1.57. The highest BCUT2D eigenvalue weighted by Crippen LogP contribution is 2.61. The molecule has 41 heavy (non-hydrogen) atoms. The first-order valence-corrected chi connectivity index (χ1v) is 18.0. The second-order valence-corrected chi connectivity index (χ2v) is 17.2. The average Bonchev–Trinajstić information content (AvgIpc) is 3.43. The molecule has 0 bridgehead atoms. The van der Waals surface area contributed by atoms with Gasteiger partial charge in [-0.05, 0) is 83.3 Å². The first-order chi connectivity index (χ1) is 19.8. The van der Waals surface area contributed by atoms with Crippen molar-refractivity contribution in [3.63, 3.8) is 0 Å². The van der Waals surface area contributed by atoms with Crippen LogP contribution in [0.25, 0.3) is 22.3 Å². The molecule has 4 aromatic rings. The molecule has 0 aromatic heterocycles. The predicted molar refractivity (Wildman–Crippen MR) is 181 cm³/mol. The highest BCUT2D eigenvalue weighted by atomic mass is 28.3. The summed E-state index contributed by atoms with van der Waals surface area (Å²) in [6.45, 7) is 15.0. The van der Waals surface area contributed by atoms with Gasteiger partial charge in [0.15, 0.2) is 0 Å². The van der Waals surface area contributed by atoms with Gasteiger partial charge in [-0.3, -0.25) is 0 Å². The lowest BCUT2D eigenvalue weighted by atomic mass is 9.92. The van der Waals surface area contributed by atoms with Gasteiger partial charge in [0, 0.05) is 0 Å². The molecule has 0 heterocycles. The zero-order valence-electron chi connectivity index (χ0n) is 25.2. The van der Waals surface area contributed by atoms with E-state index in [0.717, 1.165) is 0 Å². The Kier molecular flexibility index (Phi) is 7.17. The van der Waals surface area contributed by atoms with Gasteiger partial charge in [-0.25, -0.2) is 0 Å². The van der Waals surface area contributed by atoms with Gasteiger partial charge in [-0.15, -0.1) is 0 Å². The zero-order valence-corrected chi connectivity index (χ0v) is 26.2. The minimum atomic E-state index is -2.02. The van der Waals surface area contributed by atoms with E-state index in [1.807, 2.05) is 0 Å². The van der Waals surface area contributed by atoms with Gasteiger partial charge in [-0.1, -0.05) is 157 Å². The van der Waals surface area contributed by atoms with E-state index in [1.54, 1.807) is 22.3 Å². The highest BCUT2D eigenvalue weighted by Gasteiger charge is 2.49. The maximum Gasteiger partial charge on any atom is 0.0714 e. The fourth-order valence-electron chi connectivity index (χ4n) is 8.32. The van der Waals surface area contributed by atoms with E-state index in [0.29, 0.717) is 11.1 Å². The number of rotatable bonds is 6. The summed E-state index contributed by atoms with van der Waals surface area (Å²) >= 11 is 0. The topological polar surface area (TPSA) is 0 Å². The molecule has 0 amide bonds. The van der Waals surface area contributed by atoms with Gasteiger partial charge >= 0.3 is 0 Å². The van der Waals surface area contributed by atoms with Crippen molar-refractivity contribution >= 4 is 30.4 Å². The average molecular weight is 549 g/mol. The number of benzene rings is 4. The van der Waals surface area contributed by atoms with Crippen LogP contribution in [0.3, 0.4) is 0 Å². The van der Waals surface area contributed by atoms with Gasteiger partial charge in [0.05, 0.1) is 8.07 Å². The lowest BCUT2D eigenvalue weighted by Crippen LogP contribution is -2.39. The third kappa shape index (κ3) is 4.53. The number of hydrogen-bond acceptors (Lipinski definition) is 0. The van der Waals surface area contributed by atoms with Gasteiger partial charge < -0.3 is 0 Å². The van der Waals surface area contributed by atoms with Gasteiger partial charge in [0.1, 0.15) is 0 Å². The largest absolute Gasteiger partial charge is 0.0714 e. The van der Waals surface area contributed by atoms with E-state index >= 15 is 0 Å². The van der Waals surface area contributed by atoms with Crippen LogP contribution in [0, 0.1) is 0 Å². The lowest BCUT2D eigenvalue weighted by Gasteiger charge is -2.40. The Labute approximate surface area is 247 Å². The Morgan fingerprint density at radius 1 is 0.341 bits per heavy atom. The maximum atomic E-state index is 2.65. The van der Waals surface area contributed by atoms with E-state index in [-0.39, 0.29) is 0 Å². The van der Waals surface area contributed by atoms with Crippen molar-refractivity contribution in [2.75, 3.05) is 0 Å². The van der Waals surface area contributed by atoms with Crippen LogP contribution in [0.4, 0.5) is 0 Å². The molecule has 4 aromatic carbocycles. The molecule has 1 heteroatoms. The van der Waals surface area contributed by atoms with E-state index in [2.05, 4.69) is 162 Å². The second kappa shape index (κ2) is 10.8. The molecular formula is C40H40Si. The molecule has 0 N–H and O–H groups in total. The normalized spacial score (nSPS) is 16.9. The van der Waals surface area contributed by atoms with Crippen molar-refractivity contribution in [2.24, 2.45) is 0 Å². The molecule has 2 aliphatic carbocycles. The van der Waals surface area contributed by atoms with E-state index in [1.165, 1.54) is 44.5 Å². The van der Waals surface area contributed by atoms with Crippen LogP contribution in [-0.4, -0.2) is 8.07 Å². The molecule has 0 aliphatic heterocycles. The first kappa shape index (κ1) is 27.2. The quantitative estimate of drug-likeness (QED) is 0.210. The Hall–Kier alpha value is -3.94. The van der Waals surface area contributed by atoms with Crippen LogP contribution in [0.5, 0.6) is 0 Å². The zero-order chi connectivity index (χ0) is 28.7. The minimum Gasteiger partial charge on any atom is -0.0679 e. The van der Waals surface area contributed by atoms with Crippen molar-refractivity contribution in [3.8, 4) is 0 Å². The monoisotopic (exact) mass is 548 g/mol. The van der Waals surface area contributed by atoms with Crippen molar-refractivity contribution in [3.05, 3.63) is 166 Å². The van der Waals surface area contributed by atoms with Crippen molar-refractivity contribution in [1.82, 2.24) is 0 Å². The predicted octanol–water partition coefficient (Wildman–Crippen LogP) is 11.4. The lowest BCUT2D eigenvalue weighted by molar-refractivity contribution is 0.987. The summed E-state index contributed by atoms with van der Waals surface area (Å²) < 4.78 is 0. The summed E-state index contributed by atoms with van der Waals surface area (Å²) in [5.74, 6) is 0. The van der Waals surface area contributed by atoms with Crippen LogP contribution >= 0.6 is 0 Å². The summed E-state index contributed by atoms with van der Waals surface area (Å²) in [4.78, 5) is 0. The fraction of sp³-hybridized carbons (Fsp3) is 0.200. The highest BCUT2D eigenvalue weighted by molar-refractivity contribution is 6.83. The van der Waals surface area contributed by atoms with Crippen LogP contribution in [0.15, 0.2) is 144 Å². The van der Waals surface area contributed by atoms with Crippen molar-refractivity contribution < 1.29 is 0 Å². The molecule has 0 nitrogen and oxygen atoms in total. The summed E-state index contributed by atoms with van der Waals surface area (Å²) in [7, 11) is -2.02. The maximum absolute atomic E-state index is 2.65. The smallest absolute Gasteiger partial charge is 0.0679 e. The molecule has 2 aliphatic rings. The molecule has 0 unspecified atom stereocenters. The van der Waals surface area contributed by atoms with Crippen LogP contribution in [-0.2, 0) is 0 Å². The van der Waals surface area contributed by atoms with Gasteiger partial charge in [0.2, 0.25) is 0 Å². The molecule has 0 atom stereocenters. The molecule has 0 saturated heterocycles. The first-order valence-electron chi connectivity index (χ1n) is 14.9. The van der Waals surface area contributed by atoms with Crippen molar-refractivity contribution in [1.29, 1.82) is 0 Å². The standard InChI is InChI=1S/C40H40Si/c1-27-35(31-19-11-7-12-20-31)36(32-21-13-8-14-22-32)28(2)39(27)41(5,6)40-29(3)37(33-23-15-9-16-24-33)38(30(40)4)34-25-17-10-18-26-34/h7-26,39-40H,1-6H3. The molecule has 0 saturated carbocycles. The third-order valence-corrected chi connectivity index (χ3v) is 14.3. The van der Waals surface area contributed by atoms with Gasteiger partial charge in [0.25, 0.3) is 0 Å². The molecule has 0 radical (unpaired) electrons. The Morgan fingerprint density at radius 2 is 0.537 bits per heavy atom. The van der Waals surface area contributed by atoms with Crippen LogP contribution in [0.2, 0.25) is 24.2 Å². The van der Waals surface area contributed by atoms with E-state index in [4.69, 9.17) is 0 Å². The molecule has 204 valence electrons. The van der Waals surface area contributed by atoms with E-state index < -0.39 is 8.07 Å². The summed E-state index contributed by atoms with van der Waals surface area (Å²) in [5, 5.41) is 0. The SMILES string of the molecule is CC1=C(c2ccccc2)C(c2ccccc2)=C(C)C1[Si](C)(C)C1C(C)=C(c2ccccc2)C(c2ccccc2)=C1C. The van der Waals surface area contributed by atoms with Crippen molar-refractivity contribution in [2.45, 2.75) is 51.9 Å². The molecule has 0 spiro atoms. The minimum absolute atomic E-state index is 0.454. The van der Waals surface area contributed by atoms with Gasteiger partial charge in [-0.2, -0.15) is 0 Å². The summed E-state index contributed by atoms with van der Waals surface area (Å²) in [6.07, 6.45) is 0. The Bertz CT molecular complexity index is 1450. The van der Waals surface area contributed by atoms with E-state index in [9.17, 15) is 0 Å². The van der Waals surface area contributed by atoms with Crippen LogP contribution < -0.4 is 0 Å². The number of allylic oxidation sites excluding steroid dienone is 8. The fourth-order valence-corrected chi connectivity index (χ4v) is 13.7. The molecule has 6 rings (SSSR count). The number of hydrogen-bond donors (Lipinski definition) is 0. The third-order valence-electron chi connectivity index (χ3n) is 9.55. The summed E-state index contributed by atoms with van der Waals surface area (Å²) in [5.41, 5.74) is 18.1. The summed E-state index contributed by atoms with van der Waals surface area (Å²) in [6, 6.07) is 44.3. The Morgan fingerprint density at radius 3 is 0.732 bits per heavy atom. The molecular weight excluding hydrogens is 509 g/mol. The van der Waals surface area contributed by atoms with Crippen LogP contribution in [0.1, 0.15) is 49.9 Å². The second-order valence-electron chi connectivity index (χ2n) is 12.4. The molecule has 0 fully saturated rings.